The van der Waals surface area contributed by atoms with Crippen LogP contribution in [0.25, 0.3) is 55.8 Å². The van der Waals surface area contributed by atoms with Gasteiger partial charge in [0.2, 0.25) is 5.91 Å². The van der Waals surface area contributed by atoms with E-state index in [1.54, 1.807) is 49.2 Å². The molecule has 1 aromatic carbocycles. The predicted octanol–water partition coefficient (Wildman–Crippen LogP) is 5.11. The van der Waals surface area contributed by atoms with Crippen LogP contribution in [0.4, 0.5) is 10.1 Å². The number of pyridine rings is 3. The van der Waals surface area contributed by atoms with Crippen molar-refractivity contribution in [3.05, 3.63) is 73.2 Å². The molecule has 1 saturated carbocycles. The van der Waals surface area contributed by atoms with Crippen molar-refractivity contribution >= 4 is 33.5 Å². The third-order valence-corrected chi connectivity index (χ3v) is 6.48. The van der Waals surface area contributed by atoms with Crippen LogP contribution in [0.2, 0.25) is 0 Å². The third kappa shape index (κ3) is 3.79. The van der Waals surface area contributed by atoms with Crippen LogP contribution >= 0.6 is 0 Å². The zero-order chi connectivity index (χ0) is 24.9. The van der Waals surface area contributed by atoms with Crippen molar-refractivity contribution in [2.75, 3.05) is 5.32 Å². The molecule has 1 fully saturated rings. The summed E-state index contributed by atoms with van der Waals surface area (Å²) in [6, 6.07) is 10.3. The fourth-order valence-electron chi connectivity index (χ4n) is 4.42. The molecule has 0 bridgehead atoms. The number of amides is 1. The van der Waals surface area contributed by atoms with Crippen LogP contribution in [0.1, 0.15) is 12.8 Å². The van der Waals surface area contributed by atoms with Gasteiger partial charge in [-0.05, 0) is 31.0 Å². The highest BCUT2D eigenvalue weighted by Gasteiger charge is 2.29. The summed E-state index contributed by atoms with van der Waals surface area (Å²) in [4.78, 5) is 33.3. The lowest BCUT2D eigenvalue weighted by Crippen LogP contribution is -2.13. The highest BCUT2D eigenvalue weighted by atomic mass is 19.1. The van der Waals surface area contributed by atoms with Crippen LogP contribution in [0.3, 0.4) is 0 Å². The molecule has 0 saturated heterocycles. The fourth-order valence-corrected chi connectivity index (χ4v) is 4.42. The first-order valence-electron chi connectivity index (χ1n) is 11.8. The summed E-state index contributed by atoms with van der Waals surface area (Å²) in [5.41, 5.74) is 5.70. The molecule has 5 aromatic heterocycles. The van der Waals surface area contributed by atoms with Crippen molar-refractivity contribution < 1.29 is 9.18 Å². The summed E-state index contributed by atoms with van der Waals surface area (Å²) < 4.78 is 14.5. The van der Waals surface area contributed by atoms with Crippen molar-refractivity contribution in [1.29, 1.82) is 0 Å². The van der Waals surface area contributed by atoms with E-state index >= 15 is 0 Å². The lowest BCUT2D eigenvalue weighted by Gasteiger charge is -2.06. The lowest BCUT2D eigenvalue weighted by molar-refractivity contribution is -0.117. The Labute approximate surface area is 209 Å². The van der Waals surface area contributed by atoms with E-state index in [0.717, 1.165) is 29.3 Å². The molecule has 5 heterocycles. The van der Waals surface area contributed by atoms with E-state index in [0.29, 0.717) is 45.1 Å². The molecule has 37 heavy (non-hydrogen) atoms. The Kier molecular flexibility index (Phi) is 4.78. The van der Waals surface area contributed by atoms with Crippen LogP contribution in [-0.4, -0.2) is 41.0 Å². The SMILES string of the molecule is O=C(Nc1cncc(-c2cc3c(-c4nc5c(-c6ccccc6F)cncc5[nH]4)n[nH]c3cn2)c1)C1CC1. The topological polar surface area (TPSA) is 125 Å². The minimum absolute atomic E-state index is 0.0219. The van der Waals surface area contributed by atoms with Crippen LogP contribution in [0, 0.1) is 11.7 Å². The van der Waals surface area contributed by atoms with Crippen molar-refractivity contribution in [1.82, 2.24) is 35.1 Å². The van der Waals surface area contributed by atoms with E-state index in [1.807, 2.05) is 12.1 Å². The van der Waals surface area contributed by atoms with Gasteiger partial charge >= 0.3 is 0 Å². The number of anilines is 1. The molecule has 7 rings (SSSR count). The number of nitrogens with zero attached hydrogens (tertiary/aromatic N) is 5. The number of aromatic amines is 2. The fraction of sp³-hybridized carbons (Fsp3) is 0.111. The maximum atomic E-state index is 14.5. The maximum absolute atomic E-state index is 14.5. The van der Waals surface area contributed by atoms with E-state index < -0.39 is 0 Å². The quantitative estimate of drug-likeness (QED) is 0.308. The molecule has 9 nitrogen and oxygen atoms in total. The minimum atomic E-state index is -0.341. The highest BCUT2D eigenvalue weighted by molar-refractivity contribution is 5.98. The Morgan fingerprint density at radius 3 is 2.70 bits per heavy atom. The van der Waals surface area contributed by atoms with Crippen LogP contribution < -0.4 is 5.32 Å². The number of rotatable bonds is 5. The van der Waals surface area contributed by atoms with Gasteiger partial charge < -0.3 is 10.3 Å². The average Bonchev–Trinajstić information content (AvgIpc) is 3.55. The first-order chi connectivity index (χ1) is 18.1. The Morgan fingerprint density at radius 2 is 1.84 bits per heavy atom. The number of hydrogen-bond donors (Lipinski definition) is 3. The summed E-state index contributed by atoms with van der Waals surface area (Å²) in [7, 11) is 0. The average molecular weight is 491 g/mol. The molecule has 10 heteroatoms. The molecule has 1 amide bonds. The van der Waals surface area contributed by atoms with E-state index in [4.69, 9.17) is 4.98 Å². The number of carbonyl (C=O) groups is 1. The van der Waals surface area contributed by atoms with Gasteiger partial charge in [-0.15, -0.1) is 0 Å². The van der Waals surface area contributed by atoms with E-state index in [2.05, 4.69) is 35.5 Å². The van der Waals surface area contributed by atoms with Crippen molar-refractivity contribution in [2.45, 2.75) is 12.8 Å². The van der Waals surface area contributed by atoms with Gasteiger partial charge in [-0.2, -0.15) is 5.10 Å². The number of halogens is 1. The van der Waals surface area contributed by atoms with Crippen LogP contribution in [0.15, 0.2) is 67.4 Å². The Balaban J connectivity index is 1.29. The summed E-state index contributed by atoms with van der Waals surface area (Å²) in [6.45, 7) is 0. The van der Waals surface area contributed by atoms with Gasteiger partial charge in [-0.3, -0.25) is 24.8 Å². The zero-order valence-corrected chi connectivity index (χ0v) is 19.4. The Bertz CT molecular complexity index is 1820. The van der Waals surface area contributed by atoms with Crippen LogP contribution in [-0.2, 0) is 4.79 Å². The predicted molar refractivity (Wildman–Crippen MR) is 137 cm³/mol. The number of nitrogens with one attached hydrogen (secondary N) is 3. The number of fused-ring (bicyclic) bond motifs is 2. The highest BCUT2D eigenvalue weighted by Crippen LogP contribution is 2.33. The zero-order valence-electron chi connectivity index (χ0n) is 19.4. The van der Waals surface area contributed by atoms with Gasteiger partial charge in [0, 0.05) is 40.4 Å². The summed E-state index contributed by atoms with van der Waals surface area (Å²) in [5, 5.41) is 11.2. The number of benzene rings is 1. The summed E-state index contributed by atoms with van der Waals surface area (Å²) >= 11 is 0. The molecule has 0 radical (unpaired) electrons. The van der Waals surface area contributed by atoms with Crippen molar-refractivity contribution in [3.63, 3.8) is 0 Å². The second-order valence-electron chi connectivity index (χ2n) is 9.06. The van der Waals surface area contributed by atoms with Crippen molar-refractivity contribution in [2.24, 2.45) is 5.92 Å². The minimum Gasteiger partial charge on any atom is -0.335 e. The van der Waals surface area contributed by atoms with Crippen LogP contribution in [0.5, 0.6) is 0 Å². The molecule has 1 aliphatic rings. The molecule has 0 aliphatic heterocycles. The molecule has 6 aromatic rings. The molecular weight excluding hydrogens is 471 g/mol. The first-order valence-corrected chi connectivity index (χ1v) is 11.8. The normalized spacial score (nSPS) is 13.3. The number of imidazole rings is 1. The standard InChI is InChI=1S/C27H19FN8O/c28-20-4-2-1-3-17(20)19-11-30-12-23-24(19)34-26(33-23)25-18-8-21(31-13-22(18)35-36-25)15-7-16(10-29-9-15)32-27(37)14-5-6-14/h1-4,7-14H,5-6H2,(H,32,37)(H,33,34)(H,35,36). The number of hydrogen-bond acceptors (Lipinski definition) is 6. The second-order valence-corrected chi connectivity index (χ2v) is 9.06. The van der Waals surface area contributed by atoms with E-state index in [9.17, 15) is 9.18 Å². The Morgan fingerprint density at radius 1 is 0.973 bits per heavy atom. The number of H-pyrrole nitrogens is 2. The van der Waals surface area contributed by atoms with Gasteiger partial charge in [0.1, 0.15) is 17.0 Å². The maximum Gasteiger partial charge on any atom is 0.227 e. The van der Waals surface area contributed by atoms with Gasteiger partial charge in [-0.1, -0.05) is 18.2 Å². The summed E-state index contributed by atoms with van der Waals surface area (Å²) in [6.07, 6.45) is 10.2. The number of aromatic nitrogens is 7. The molecule has 180 valence electrons. The molecule has 0 spiro atoms. The lowest BCUT2D eigenvalue weighted by atomic mass is 10.1. The molecule has 1 aliphatic carbocycles. The van der Waals surface area contributed by atoms with Crippen molar-refractivity contribution in [3.8, 4) is 33.9 Å². The van der Waals surface area contributed by atoms with Gasteiger partial charge in [0.25, 0.3) is 0 Å². The summed E-state index contributed by atoms with van der Waals surface area (Å²) in [5.74, 6) is 0.303. The molecule has 0 unspecified atom stereocenters. The monoisotopic (exact) mass is 490 g/mol. The molecular formula is C27H19FN8O. The largest absolute Gasteiger partial charge is 0.335 e. The third-order valence-electron chi connectivity index (χ3n) is 6.48. The second kappa shape index (κ2) is 8.30. The van der Waals surface area contributed by atoms with E-state index in [1.165, 1.54) is 6.07 Å². The molecule has 0 atom stereocenters. The first kappa shape index (κ1) is 21.3. The Hall–Kier alpha value is -4.99. The smallest absolute Gasteiger partial charge is 0.227 e. The van der Waals surface area contributed by atoms with Gasteiger partial charge in [0.05, 0.1) is 41.0 Å². The number of carbonyl (C=O) groups excluding carboxylic acids is 1. The van der Waals surface area contributed by atoms with E-state index in [-0.39, 0.29) is 17.6 Å². The van der Waals surface area contributed by atoms with Gasteiger partial charge in [-0.25, -0.2) is 9.37 Å². The molecule has 3 N–H and O–H groups in total. The van der Waals surface area contributed by atoms with Gasteiger partial charge in [0.15, 0.2) is 5.82 Å².